The Labute approximate surface area is 194 Å². The van der Waals surface area contributed by atoms with Crippen molar-refractivity contribution in [1.82, 2.24) is 9.97 Å². The topological polar surface area (TPSA) is 73.6 Å². The van der Waals surface area contributed by atoms with Crippen molar-refractivity contribution in [1.29, 1.82) is 5.26 Å². The van der Waals surface area contributed by atoms with Gasteiger partial charge in [-0.1, -0.05) is 41.7 Å². The quantitative estimate of drug-likeness (QED) is 0.241. The molecule has 32 heavy (non-hydrogen) atoms. The lowest BCUT2D eigenvalue weighted by Gasteiger charge is -2.19. The molecule has 0 spiro atoms. The fourth-order valence-corrected chi connectivity index (χ4v) is 4.06. The number of halogens is 2. The van der Waals surface area contributed by atoms with Crippen molar-refractivity contribution in [3.63, 3.8) is 0 Å². The number of fused-ring (bicyclic) bond motifs is 1. The van der Waals surface area contributed by atoms with Gasteiger partial charge < -0.3 is 10.0 Å². The molecule has 0 radical (unpaired) electrons. The molecule has 5 nitrogen and oxygen atoms in total. The summed E-state index contributed by atoms with van der Waals surface area (Å²) < 4.78 is 16.8. The van der Waals surface area contributed by atoms with Crippen LogP contribution in [-0.4, -0.2) is 16.2 Å². The lowest BCUT2D eigenvalue weighted by atomic mass is 10.0. The van der Waals surface area contributed by atoms with E-state index in [4.69, 9.17) is 11.6 Å². The number of hydrogen-bond acceptors (Lipinski definition) is 6. The van der Waals surface area contributed by atoms with Crippen molar-refractivity contribution in [2.75, 3.05) is 16.3 Å². The third-order valence-electron chi connectivity index (χ3n) is 5.08. The van der Waals surface area contributed by atoms with Gasteiger partial charge in [-0.3, -0.25) is 4.98 Å². The van der Waals surface area contributed by atoms with Gasteiger partial charge in [-0.05, 0) is 48.4 Å². The number of aromatic nitrogens is 2. The summed E-state index contributed by atoms with van der Waals surface area (Å²) in [4.78, 5) is 8.70. The molecule has 2 heterocycles. The number of anilines is 2. The molecule has 4 aromatic rings. The zero-order valence-electron chi connectivity index (χ0n) is 17.4. The molecule has 0 saturated carbocycles. The molecule has 160 valence electrons. The van der Waals surface area contributed by atoms with Crippen LogP contribution in [0.4, 0.5) is 15.8 Å². The van der Waals surface area contributed by atoms with Gasteiger partial charge in [-0.15, -0.1) is 0 Å². The minimum absolute atomic E-state index is 0.221. The third-order valence-corrected chi connectivity index (χ3v) is 5.81. The summed E-state index contributed by atoms with van der Waals surface area (Å²) in [6.45, 7) is 1.93. The van der Waals surface area contributed by atoms with Crippen LogP contribution in [0.2, 0.25) is 5.15 Å². The highest BCUT2D eigenvalue weighted by molar-refractivity contribution is 7.99. The predicted molar refractivity (Wildman–Crippen MR) is 130 cm³/mol. The lowest BCUT2D eigenvalue weighted by Crippen LogP contribution is -2.09. The molecule has 2 N–H and O–H groups in total. The van der Waals surface area contributed by atoms with Gasteiger partial charge in [0.25, 0.3) is 0 Å². The second-order valence-electron chi connectivity index (χ2n) is 7.18. The summed E-state index contributed by atoms with van der Waals surface area (Å²) in [5.74, 6) is -0.302. The Balaban J connectivity index is 1.80. The highest BCUT2D eigenvalue weighted by Crippen LogP contribution is 2.34. The minimum Gasteiger partial charge on any atom is -0.377 e. The molecule has 1 unspecified atom stereocenters. The average Bonchev–Trinajstić information content (AvgIpc) is 2.80. The van der Waals surface area contributed by atoms with Gasteiger partial charge in [-0.2, -0.15) is 5.26 Å². The van der Waals surface area contributed by atoms with Crippen molar-refractivity contribution < 1.29 is 4.39 Å². The van der Waals surface area contributed by atoms with Gasteiger partial charge in [0.05, 0.1) is 22.5 Å². The van der Waals surface area contributed by atoms with Gasteiger partial charge >= 0.3 is 0 Å². The Kier molecular flexibility index (Phi) is 6.45. The van der Waals surface area contributed by atoms with Gasteiger partial charge in [0, 0.05) is 35.6 Å². The van der Waals surface area contributed by atoms with Crippen LogP contribution in [0, 0.1) is 17.1 Å². The fraction of sp³-hybridized carbons (Fsp3) is 0.125. The van der Waals surface area contributed by atoms with Gasteiger partial charge in [0.2, 0.25) is 0 Å². The molecule has 8 heteroatoms. The highest BCUT2D eigenvalue weighted by atomic mass is 35.5. The molecule has 4 rings (SSSR count). The van der Waals surface area contributed by atoms with E-state index in [0.29, 0.717) is 16.4 Å². The maximum atomic E-state index is 13.7. The number of nitrogens with one attached hydrogen (secondary N) is 2. The van der Waals surface area contributed by atoms with Crippen LogP contribution in [-0.2, 0) is 0 Å². The van der Waals surface area contributed by atoms with Crippen molar-refractivity contribution in [3.8, 4) is 17.2 Å². The van der Waals surface area contributed by atoms with E-state index in [2.05, 4.69) is 26.1 Å². The summed E-state index contributed by atoms with van der Waals surface area (Å²) in [6.07, 6.45) is 5.16. The van der Waals surface area contributed by atoms with Crippen molar-refractivity contribution in [2.45, 2.75) is 13.0 Å². The molecule has 0 amide bonds. The number of hydrogen-bond donors (Lipinski definition) is 2. The van der Waals surface area contributed by atoms with Crippen molar-refractivity contribution in [3.05, 3.63) is 83.0 Å². The molecule has 2 aromatic carbocycles. The summed E-state index contributed by atoms with van der Waals surface area (Å²) in [7, 11) is 0. The fourth-order valence-electron chi connectivity index (χ4n) is 3.48. The van der Waals surface area contributed by atoms with E-state index >= 15 is 0 Å². The van der Waals surface area contributed by atoms with E-state index in [-0.39, 0.29) is 11.9 Å². The van der Waals surface area contributed by atoms with E-state index in [1.165, 1.54) is 24.1 Å². The number of nitrogens with zero attached hydrogens (tertiary/aromatic N) is 3. The van der Waals surface area contributed by atoms with Crippen LogP contribution in [0.5, 0.6) is 0 Å². The maximum Gasteiger partial charge on any atom is 0.152 e. The van der Waals surface area contributed by atoms with Crippen LogP contribution >= 0.6 is 23.5 Å². The summed E-state index contributed by atoms with van der Waals surface area (Å²) >= 11 is 7.61. The SMILES string of the molecule is CSNc1cc(-c2ccc3ncc(C#N)c(NC(C)c4cccc(F)c4)c3c2)cnc1Cl. The summed E-state index contributed by atoms with van der Waals surface area (Å²) in [5, 5.41) is 14.3. The van der Waals surface area contributed by atoms with Crippen LogP contribution in [0.3, 0.4) is 0 Å². The van der Waals surface area contributed by atoms with Crippen molar-refractivity contribution >= 4 is 45.8 Å². The maximum absolute atomic E-state index is 13.7. The Bertz CT molecular complexity index is 1340. The highest BCUT2D eigenvalue weighted by Gasteiger charge is 2.15. The normalized spacial score (nSPS) is 11.7. The first-order valence-electron chi connectivity index (χ1n) is 9.80. The first-order valence-corrected chi connectivity index (χ1v) is 11.4. The Morgan fingerprint density at radius 3 is 2.69 bits per heavy atom. The lowest BCUT2D eigenvalue weighted by molar-refractivity contribution is 0.623. The molecule has 1 atom stereocenters. The number of nitriles is 1. The first-order chi connectivity index (χ1) is 15.5. The van der Waals surface area contributed by atoms with E-state index in [1.807, 2.05) is 43.5 Å². The average molecular weight is 464 g/mol. The predicted octanol–water partition coefficient (Wildman–Crippen LogP) is 6.82. The number of rotatable bonds is 6. The first kappa shape index (κ1) is 21.9. The van der Waals surface area contributed by atoms with E-state index in [1.54, 1.807) is 18.5 Å². The minimum atomic E-state index is -0.302. The molecule has 0 aliphatic carbocycles. The molecule has 0 saturated heterocycles. The Morgan fingerprint density at radius 2 is 1.94 bits per heavy atom. The number of benzene rings is 2. The van der Waals surface area contributed by atoms with E-state index in [0.717, 1.165) is 33.3 Å². The van der Waals surface area contributed by atoms with Gasteiger partial charge in [-0.25, -0.2) is 9.37 Å². The van der Waals surface area contributed by atoms with E-state index < -0.39 is 0 Å². The van der Waals surface area contributed by atoms with Crippen LogP contribution in [0.25, 0.3) is 22.0 Å². The number of pyridine rings is 2. The van der Waals surface area contributed by atoms with Gasteiger partial charge in [0.15, 0.2) is 5.15 Å². The van der Waals surface area contributed by atoms with Crippen LogP contribution < -0.4 is 10.0 Å². The van der Waals surface area contributed by atoms with Crippen LogP contribution in [0.1, 0.15) is 24.1 Å². The third kappa shape index (κ3) is 4.47. The molecule has 0 bridgehead atoms. The molecule has 2 aromatic heterocycles. The van der Waals surface area contributed by atoms with E-state index in [9.17, 15) is 9.65 Å². The van der Waals surface area contributed by atoms with Crippen LogP contribution in [0.15, 0.2) is 60.9 Å². The zero-order chi connectivity index (χ0) is 22.7. The van der Waals surface area contributed by atoms with Gasteiger partial charge in [0.1, 0.15) is 11.9 Å². The monoisotopic (exact) mass is 463 g/mol. The molecule has 0 fully saturated rings. The summed E-state index contributed by atoms with van der Waals surface area (Å²) in [6, 6.07) is 16.2. The largest absolute Gasteiger partial charge is 0.377 e. The summed E-state index contributed by atoms with van der Waals surface area (Å²) in [5.41, 5.74) is 5.09. The second-order valence-corrected chi connectivity index (χ2v) is 8.15. The zero-order valence-corrected chi connectivity index (χ0v) is 18.9. The Hall–Kier alpha value is -3.34. The standard InChI is InChI=1S/C24H19ClFN5S/c1-14(15-4-3-5-19(26)8-15)30-23-18(11-27)13-28-21-7-6-16(9-20(21)23)17-10-22(31-32-2)24(25)29-12-17/h3-10,12-14,31H,1-2H3,(H,28,30). The Morgan fingerprint density at radius 1 is 1.09 bits per heavy atom. The molecular weight excluding hydrogens is 445 g/mol. The second kappa shape index (κ2) is 9.43. The molecular formula is C24H19ClFN5S. The molecule has 0 aliphatic heterocycles. The molecule has 0 aliphatic rings. The smallest absolute Gasteiger partial charge is 0.152 e. The van der Waals surface area contributed by atoms with Crippen molar-refractivity contribution in [2.24, 2.45) is 0 Å².